The van der Waals surface area contributed by atoms with Crippen molar-refractivity contribution in [2.75, 3.05) is 10.5 Å². The Morgan fingerprint density at radius 3 is 2.56 bits per heavy atom. The Bertz CT molecular complexity index is 670. The van der Waals surface area contributed by atoms with Gasteiger partial charge in [-0.3, -0.25) is 4.72 Å². The lowest BCUT2D eigenvalue weighted by atomic mass is 10.3. The van der Waals surface area contributed by atoms with E-state index in [1.54, 1.807) is 12.1 Å². The van der Waals surface area contributed by atoms with Crippen molar-refractivity contribution in [1.29, 1.82) is 0 Å². The van der Waals surface area contributed by atoms with Crippen molar-refractivity contribution in [2.24, 2.45) is 0 Å². The molecule has 0 unspecified atom stereocenters. The number of nitrogens with one attached hydrogen (secondary N) is 1. The molecule has 0 saturated heterocycles. The predicted octanol–water partition coefficient (Wildman–Crippen LogP) is 1.17. The zero-order valence-corrected chi connectivity index (χ0v) is 10.5. The first-order valence-corrected chi connectivity index (χ1v) is 6.63. The Kier molecular flexibility index (Phi) is 3.15. The standard InChI is InChI=1S/C11H12N4O2S/c1-8-2-4-14-11(6-8)15-18(16,17)9-3-5-13-10(12)7-9/h2-7H,1H3,(H2,12,13)(H,14,15). The van der Waals surface area contributed by atoms with E-state index in [2.05, 4.69) is 14.7 Å². The van der Waals surface area contributed by atoms with Crippen molar-refractivity contribution in [3.8, 4) is 0 Å². The van der Waals surface area contributed by atoms with E-state index in [0.29, 0.717) is 0 Å². The molecule has 18 heavy (non-hydrogen) atoms. The van der Waals surface area contributed by atoms with Crippen LogP contribution in [0, 0.1) is 6.92 Å². The highest BCUT2D eigenvalue weighted by Gasteiger charge is 2.15. The summed E-state index contributed by atoms with van der Waals surface area (Å²) in [6.07, 6.45) is 2.88. The molecular weight excluding hydrogens is 252 g/mol. The summed E-state index contributed by atoms with van der Waals surface area (Å²) in [6, 6.07) is 6.08. The molecule has 0 aromatic carbocycles. The highest BCUT2D eigenvalue weighted by atomic mass is 32.2. The maximum atomic E-state index is 12.0. The number of hydrogen-bond donors (Lipinski definition) is 2. The van der Waals surface area contributed by atoms with E-state index in [1.165, 1.54) is 24.5 Å². The van der Waals surface area contributed by atoms with Crippen LogP contribution in [0.4, 0.5) is 11.6 Å². The highest BCUT2D eigenvalue weighted by Crippen LogP contribution is 2.15. The van der Waals surface area contributed by atoms with Gasteiger partial charge in [0.05, 0.1) is 4.90 Å². The fraction of sp³-hybridized carbons (Fsp3) is 0.0909. The van der Waals surface area contributed by atoms with E-state index in [0.717, 1.165) is 5.56 Å². The second-order valence-corrected chi connectivity index (χ2v) is 5.42. The van der Waals surface area contributed by atoms with Gasteiger partial charge in [-0.1, -0.05) is 0 Å². The van der Waals surface area contributed by atoms with Gasteiger partial charge in [-0.25, -0.2) is 18.4 Å². The fourth-order valence-electron chi connectivity index (χ4n) is 1.38. The van der Waals surface area contributed by atoms with Gasteiger partial charge in [0.1, 0.15) is 11.6 Å². The third-order valence-electron chi connectivity index (χ3n) is 2.22. The third-order valence-corrected chi connectivity index (χ3v) is 3.57. The van der Waals surface area contributed by atoms with Crippen molar-refractivity contribution in [3.63, 3.8) is 0 Å². The smallest absolute Gasteiger partial charge is 0.263 e. The monoisotopic (exact) mass is 264 g/mol. The van der Waals surface area contributed by atoms with Crippen LogP contribution in [0.15, 0.2) is 41.6 Å². The van der Waals surface area contributed by atoms with Crippen LogP contribution in [0.2, 0.25) is 0 Å². The van der Waals surface area contributed by atoms with Gasteiger partial charge in [0, 0.05) is 18.5 Å². The number of nitrogens with zero attached hydrogens (tertiary/aromatic N) is 2. The van der Waals surface area contributed by atoms with Crippen molar-refractivity contribution < 1.29 is 8.42 Å². The molecule has 94 valence electrons. The third kappa shape index (κ3) is 2.75. The molecule has 2 heterocycles. The molecule has 0 fully saturated rings. The first-order chi connectivity index (χ1) is 8.47. The molecule has 0 aliphatic rings. The van der Waals surface area contributed by atoms with Crippen molar-refractivity contribution in [1.82, 2.24) is 9.97 Å². The van der Waals surface area contributed by atoms with Gasteiger partial charge < -0.3 is 5.73 Å². The maximum Gasteiger partial charge on any atom is 0.263 e. The fourth-order valence-corrected chi connectivity index (χ4v) is 2.40. The molecule has 6 nitrogen and oxygen atoms in total. The van der Waals surface area contributed by atoms with Crippen LogP contribution >= 0.6 is 0 Å². The summed E-state index contributed by atoms with van der Waals surface area (Å²) in [6.45, 7) is 1.85. The zero-order chi connectivity index (χ0) is 13.2. The number of pyridine rings is 2. The van der Waals surface area contributed by atoms with Crippen LogP contribution < -0.4 is 10.5 Å². The van der Waals surface area contributed by atoms with E-state index < -0.39 is 10.0 Å². The second kappa shape index (κ2) is 4.61. The minimum atomic E-state index is -3.69. The molecule has 0 spiro atoms. The number of nitrogen functional groups attached to an aromatic ring is 1. The molecule has 0 bridgehead atoms. The summed E-state index contributed by atoms with van der Waals surface area (Å²) < 4.78 is 26.4. The predicted molar refractivity (Wildman–Crippen MR) is 68.4 cm³/mol. The average molecular weight is 264 g/mol. The van der Waals surface area contributed by atoms with Gasteiger partial charge in [-0.15, -0.1) is 0 Å². The van der Waals surface area contributed by atoms with E-state index in [9.17, 15) is 8.42 Å². The molecular formula is C11H12N4O2S. The molecule has 0 saturated carbocycles. The lowest BCUT2D eigenvalue weighted by molar-refractivity contribution is 0.601. The van der Waals surface area contributed by atoms with E-state index >= 15 is 0 Å². The summed E-state index contributed by atoms with van der Waals surface area (Å²) in [7, 11) is -3.69. The highest BCUT2D eigenvalue weighted by molar-refractivity contribution is 7.92. The van der Waals surface area contributed by atoms with Gasteiger partial charge in [0.2, 0.25) is 0 Å². The zero-order valence-electron chi connectivity index (χ0n) is 9.66. The van der Waals surface area contributed by atoms with Gasteiger partial charge in [-0.05, 0) is 30.7 Å². The molecule has 0 amide bonds. The van der Waals surface area contributed by atoms with E-state index in [1.807, 2.05) is 6.92 Å². The number of aryl methyl sites for hydroxylation is 1. The van der Waals surface area contributed by atoms with E-state index in [-0.39, 0.29) is 16.5 Å². The molecule has 3 N–H and O–H groups in total. The maximum absolute atomic E-state index is 12.0. The van der Waals surface area contributed by atoms with Gasteiger partial charge in [0.15, 0.2) is 0 Å². The Morgan fingerprint density at radius 2 is 1.89 bits per heavy atom. The average Bonchev–Trinajstić information content (AvgIpc) is 2.28. The Hall–Kier alpha value is -2.15. The van der Waals surface area contributed by atoms with Crippen LogP contribution in [0.1, 0.15) is 5.56 Å². The van der Waals surface area contributed by atoms with Crippen LogP contribution in [-0.2, 0) is 10.0 Å². The number of nitrogens with two attached hydrogens (primary N) is 1. The number of anilines is 2. The number of hydrogen-bond acceptors (Lipinski definition) is 5. The topological polar surface area (TPSA) is 98.0 Å². The molecule has 2 rings (SSSR count). The Balaban J connectivity index is 2.33. The first-order valence-electron chi connectivity index (χ1n) is 5.14. The summed E-state index contributed by atoms with van der Waals surface area (Å²) in [5.74, 6) is 0.417. The Labute approximate surface area is 105 Å². The summed E-state index contributed by atoms with van der Waals surface area (Å²) in [5.41, 5.74) is 6.37. The van der Waals surface area contributed by atoms with Gasteiger partial charge in [-0.2, -0.15) is 0 Å². The van der Waals surface area contributed by atoms with Crippen molar-refractivity contribution >= 4 is 21.7 Å². The number of aromatic nitrogens is 2. The molecule has 0 aliphatic carbocycles. The second-order valence-electron chi connectivity index (χ2n) is 3.74. The molecule has 2 aromatic rings. The summed E-state index contributed by atoms with van der Waals surface area (Å²) in [4.78, 5) is 7.73. The molecule has 2 aromatic heterocycles. The summed E-state index contributed by atoms with van der Waals surface area (Å²) >= 11 is 0. The lowest BCUT2D eigenvalue weighted by Crippen LogP contribution is -2.14. The van der Waals surface area contributed by atoms with Gasteiger partial charge in [0.25, 0.3) is 10.0 Å². The minimum absolute atomic E-state index is 0.0540. The van der Waals surface area contributed by atoms with Crippen LogP contribution in [0.3, 0.4) is 0 Å². The molecule has 0 atom stereocenters. The van der Waals surface area contributed by atoms with E-state index in [4.69, 9.17) is 5.73 Å². The SMILES string of the molecule is Cc1ccnc(NS(=O)(=O)c2ccnc(N)c2)c1. The molecule has 0 radical (unpaired) electrons. The van der Waals surface area contributed by atoms with Gasteiger partial charge >= 0.3 is 0 Å². The minimum Gasteiger partial charge on any atom is -0.384 e. The largest absolute Gasteiger partial charge is 0.384 e. The normalized spacial score (nSPS) is 11.2. The number of sulfonamides is 1. The lowest BCUT2D eigenvalue weighted by Gasteiger charge is -2.07. The Morgan fingerprint density at radius 1 is 1.17 bits per heavy atom. The first kappa shape index (κ1) is 12.3. The van der Waals surface area contributed by atoms with Crippen molar-refractivity contribution in [3.05, 3.63) is 42.2 Å². The van der Waals surface area contributed by atoms with Crippen molar-refractivity contribution in [2.45, 2.75) is 11.8 Å². The van der Waals surface area contributed by atoms with Crippen LogP contribution in [0.25, 0.3) is 0 Å². The summed E-state index contributed by atoms with van der Waals surface area (Å²) in [5, 5.41) is 0. The van der Waals surface area contributed by atoms with Crippen LogP contribution in [-0.4, -0.2) is 18.4 Å². The quantitative estimate of drug-likeness (QED) is 0.867. The number of rotatable bonds is 3. The molecule has 7 heteroatoms. The molecule has 0 aliphatic heterocycles. The van der Waals surface area contributed by atoms with Crippen LogP contribution in [0.5, 0.6) is 0 Å².